The smallest absolute Gasteiger partial charge is 0.0994 e. The first kappa shape index (κ1) is 12.5. The van der Waals surface area contributed by atoms with Gasteiger partial charge in [0.2, 0.25) is 0 Å². The predicted octanol–water partition coefficient (Wildman–Crippen LogP) is 4.33. The molecule has 1 N–H and O–H groups in total. The van der Waals surface area contributed by atoms with E-state index in [1.165, 1.54) is 4.90 Å². The van der Waals surface area contributed by atoms with Gasteiger partial charge in [-0.1, -0.05) is 12.1 Å². The van der Waals surface area contributed by atoms with E-state index in [1.807, 2.05) is 37.3 Å². The highest BCUT2D eigenvalue weighted by Gasteiger charge is 2.02. The maximum absolute atomic E-state index is 8.91. The summed E-state index contributed by atoms with van der Waals surface area (Å²) in [6, 6.07) is 16.1. The number of nitrogens with one attached hydrogen (secondary N) is 1. The van der Waals surface area contributed by atoms with Gasteiger partial charge in [-0.25, -0.2) is 0 Å². The molecule has 0 saturated heterocycles. The van der Waals surface area contributed by atoms with Crippen molar-refractivity contribution in [1.29, 1.82) is 5.26 Å². The number of rotatable bonds is 3. The van der Waals surface area contributed by atoms with Crippen molar-refractivity contribution >= 4 is 23.1 Å². The van der Waals surface area contributed by atoms with Crippen LogP contribution in [0.1, 0.15) is 11.1 Å². The van der Waals surface area contributed by atoms with Gasteiger partial charge in [0, 0.05) is 10.6 Å². The summed E-state index contributed by atoms with van der Waals surface area (Å²) in [4.78, 5) is 1.21. The topological polar surface area (TPSA) is 35.8 Å². The third-order valence-corrected chi connectivity index (χ3v) is 3.53. The second kappa shape index (κ2) is 5.61. The Kier molecular flexibility index (Phi) is 3.91. The van der Waals surface area contributed by atoms with Crippen molar-refractivity contribution in [2.75, 3.05) is 11.6 Å². The lowest BCUT2D eigenvalue weighted by Crippen LogP contribution is -1.93. The van der Waals surface area contributed by atoms with Crippen LogP contribution in [0.3, 0.4) is 0 Å². The number of aryl methyl sites for hydroxylation is 1. The highest BCUT2D eigenvalue weighted by molar-refractivity contribution is 7.98. The van der Waals surface area contributed by atoms with Crippen molar-refractivity contribution in [3.05, 3.63) is 53.6 Å². The predicted molar refractivity (Wildman–Crippen MR) is 77.4 cm³/mol. The molecular weight excluding hydrogens is 240 g/mol. The van der Waals surface area contributed by atoms with Crippen molar-refractivity contribution in [1.82, 2.24) is 0 Å². The first-order valence-electron chi connectivity index (χ1n) is 5.65. The lowest BCUT2D eigenvalue weighted by Gasteiger charge is -2.11. The summed E-state index contributed by atoms with van der Waals surface area (Å²) in [5.41, 5.74) is 3.81. The Labute approximate surface area is 112 Å². The Morgan fingerprint density at radius 1 is 1.17 bits per heavy atom. The normalized spacial score (nSPS) is 9.83. The molecule has 0 radical (unpaired) electrons. The zero-order chi connectivity index (χ0) is 13.0. The summed E-state index contributed by atoms with van der Waals surface area (Å²) in [7, 11) is 0. The van der Waals surface area contributed by atoms with Gasteiger partial charge in [0.1, 0.15) is 0 Å². The van der Waals surface area contributed by atoms with E-state index in [-0.39, 0.29) is 0 Å². The zero-order valence-corrected chi connectivity index (χ0v) is 11.2. The van der Waals surface area contributed by atoms with Crippen LogP contribution in [0.2, 0.25) is 0 Å². The van der Waals surface area contributed by atoms with Crippen LogP contribution in [-0.2, 0) is 0 Å². The standard InChI is InChI=1S/C15H14N2S/c1-11-9-13(8-7-12(11)10-16)17-14-5-3-4-6-15(14)18-2/h3-9,17H,1-2H3. The van der Waals surface area contributed by atoms with Gasteiger partial charge in [0.05, 0.1) is 17.3 Å². The number of anilines is 2. The van der Waals surface area contributed by atoms with Gasteiger partial charge < -0.3 is 5.32 Å². The Morgan fingerprint density at radius 3 is 2.61 bits per heavy atom. The number of thioether (sulfide) groups is 1. The van der Waals surface area contributed by atoms with Gasteiger partial charge in [-0.3, -0.25) is 0 Å². The van der Waals surface area contributed by atoms with E-state index < -0.39 is 0 Å². The molecule has 0 heterocycles. The number of hydrogen-bond acceptors (Lipinski definition) is 3. The van der Waals surface area contributed by atoms with Crippen LogP contribution in [0, 0.1) is 18.3 Å². The monoisotopic (exact) mass is 254 g/mol. The van der Waals surface area contributed by atoms with E-state index in [9.17, 15) is 0 Å². The summed E-state index contributed by atoms with van der Waals surface area (Å²) in [5, 5.41) is 12.3. The van der Waals surface area contributed by atoms with Gasteiger partial charge in [0.25, 0.3) is 0 Å². The molecule has 0 fully saturated rings. The number of nitrogens with zero attached hydrogens (tertiary/aromatic N) is 1. The van der Waals surface area contributed by atoms with Gasteiger partial charge in [-0.2, -0.15) is 5.26 Å². The van der Waals surface area contributed by atoms with E-state index in [0.717, 1.165) is 22.5 Å². The molecule has 2 aromatic rings. The lowest BCUT2D eigenvalue weighted by atomic mass is 10.1. The first-order valence-corrected chi connectivity index (χ1v) is 6.88. The number of hydrogen-bond donors (Lipinski definition) is 1. The fourth-order valence-corrected chi connectivity index (χ4v) is 2.32. The quantitative estimate of drug-likeness (QED) is 0.828. The second-order valence-electron chi connectivity index (χ2n) is 3.97. The van der Waals surface area contributed by atoms with Gasteiger partial charge >= 0.3 is 0 Å². The fourth-order valence-electron chi connectivity index (χ4n) is 1.77. The average Bonchev–Trinajstić information content (AvgIpc) is 2.39. The molecule has 2 rings (SSSR count). The van der Waals surface area contributed by atoms with Crippen molar-refractivity contribution in [3.8, 4) is 6.07 Å². The molecule has 2 nitrogen and oxygen atoms in total. The maximum atomic E-state index is 8.91. The number of nitriles is 1. The van der Waals surface area contributed by atoms with E-state index >= 15 is 0 Å². The molecule has 0 unspecified atom stereocenters. The minimum absolute atomic E-state index is 0.721. The summed E-state index contributed by atoms with van der Waals surface area (Å²) >= 11 is 1.71. The summed E-state index contributed by atoms with van der Waals surface area (Å²) in [6.45, 7) is 1.95. The van der Waals surface area contributed by atoms with E-state index in [0.29, 0.717) is 0 Å². The molecule has 90 valence electrons. The van der Waals surface area contributed by atoms with Crippen LogP contribution in [-0.4, -0.2) is 6.26 Å². The maximum Gasteiger partial charge on any atom is 0.0994 e. The van der Waals surface area contributed by atoms with E-state index in [1.54, 1.807) is 11.8 Å². The van der Waals surface area contributed by atoms with Crippen LogP contribution in [0.25, 0.3) is 0 Å². The summed E-state index contributed by atoms with van der Waals surface area (Å²) in [5.74, 6) is 0. The molecule has 0 aliphatic carbocycles. The van der Waals surface area contributed by atoms with Crippen molar-refractivity contribution in [2.45, 2.75) is 11.8 Å². The Balaban J connectivity index is 2.29. The lowest BCUT2D eigenvalue weighted by molar-refractivity contribution is 1.37. The van der Waals surface area contributed by atoms with E-state index in [2.05, 4.69) is 29.8 Å². The Hall–Kier alpha value is -1.92. The minimum atomic E-state index is 0.721. The molecule has 0 spiro atoms. The Morgan fingerprint density at radius 2 is 1.94 bits per heavy atom. The number of para-hydroxylation sites is 1. The first-order chi connectivity index (χ1) is 8.74. The van der Waals surface area contributed by atoms with Crippen LogP contribution >= 0.6 is 11.8 Å². The molecule has 0 aliphatic rings. The van der Waals surface area contributed by atoms with Crippen LogP contribution < -0.4 is 5.32 Å². The van der Waals surface area contributed by atoms with Crippen molar-refractivity contribution < 1.29 is 0 Å². The molecule has 0 saturated carbocycles. The largest absolute Gasteiger partial charge is 0.355 e. The fraction of sp³-hybridized carbons (Fsp3) is 0.133. The van der Waals surface area contributed by atoms with Crippen LogP contribution in [0.15, 0.2) is 47.4 Å². The molecule has 0 amide bonds. The van der Waals surface area contributed by atoms with Crippen LogP contribution in [0.5, 0.6) is 0 Å². The minimum Gasteiger partial charge on any atom is -0.355 e. The molecule has 0 bridgehead atoms. The highest BCUT2D eigenvalue weighted by atomic mass is 32.2. The van der Waals surface area contributed by atoms with Crippen LogP contribution in [0.4, 0.5) is 11.4 Å². The molecular formula is C15H14N2S. The van der Waals surface area contributed by atoms with Crippen molar-refractivity contribution in [3.63, 3.8) is 0 Å². The van der Waals surface area contributed by atoms with E-state index in [4.69, 9.17) is 5.26 Å². The number of benzene rings is 2. The highest BCUT2D eigenvalue weighted by Crippen LogP contribution is 2.28. The summed E-state index contributed by atoms with van der Waals surface area (Å²) < 4.78 is 0. The molecule has 0 atom stereocenters. The van der Waals surface area contributed by atoms with Gasteiger partial charge in [-0.05, 0) is 49.1 Å². The third-order valence-electron chi connectivity index (χ3n) is 2.73. The average molecular weight is 254 g/mol. The third kappa shape index (κ3) is 2.66. The molecule has 0 aliphatic heterocycles. The molecule has 3 heteroatoms. The second-order valence-corrected chi connectivity index (χ2v) is 4.81. The molecule has 18 heavy (non-hydrogen) atoms. The molecule has 0 aromatic heterocycles. The zero-order valence-electron chi connectivity index (χ0n) is 10.4. The van der Waals surface area contributed by atoms with Gasteiger partial charge in [0.15, 0.2) is 0 Å². The van der Waals surface area contributed by atoms with Crippen molar-refractivity contribution in [2.24, 2.45) is 0 Å². The Bertz CT molecular complexity index is 600. The SMILES string of the molecule is CSc1ccccc1Nc1ccc(C#N)c(C)c1. The van der Waals surface area contributed by atoms with Gasteiger partial charge in [-0.15, -0.1) is 11.8 Å². The molecule has 2 aromatic carbocycles. The summed E-state index contributed by atoms with van der Waals surface area (Å²) in [6.07, 6.45) is 2.06.